The van der Waals surface area contributed by atoms with Crippen molar-refractivity contribution in [3.63, 3.8) is 0 Å². The van der Waals surface area contributed by atoms with Crippen molar-refractivity contribution in [2.24, 2.45) is 0 Å². The van der Waals surface area contributed by atoms with Crippen LogP contribution in [0.3, 0.4) is 0 Å². The Hall–Kier alpha value is -3.14. The van der Waals surface area contributed by atoms with Gasteiger partial charge in [0, 0.05) is 10.9 Å². The van der Waals surface area contributed by atoms with Crippen molar-refractivity contribution in [2.75, 3.05) is 6.61 Å². The van der Waals surface area contributed by atoms with Crippen LogP contribution in [0.4, 0.5) is 0 Å². The van der Waals surface area contributed by atoms with Gasteiger partial charge < -0.3 is 14.6 Å². The molecule has 0 saturated heterocycles. The molecule has 25 heavy (non-hydrogen) atoms. The number of carbonyl (C=O) groups excluding carboxylic acids is 1. The molecule has 0 N–H and O–H groups in total. The summed E-state index contributed by atoms with van der Waals surface area (Å²) < 4.78 is 5.55. The third kappa shape index (κ3) is 4.04. The average Bonchev–Trinajstić information content (AvgIpc) is 2.64. The standard InChI is InChI=1S/C21H19NO3/c1-2-13-25-17-11-8-15(9-12-17)7-10-16-14-19(21(23)24)18-5-3-4-6-20(18)22-16/h3-12,14H,2,13H2,1H3,(H,23,24)/p-1/b10-7+. The van der Waals surface area contributed by atoms with E-state index in [1.807, 2.05) is 36.4 Å². The van der Waals surface area contributed by atoms with Crippen LogP contribution in [0.5, 0.6) is 5.75 Å². The third-order valence-corrected chi connectivity index (χ3v) is 3.76. The molecule has 0 spiro atoms. The van der Waals surface area contributed by atoms with Gasteiger partial charge in [-0.15, -0.1) is 0 Å². The minimum Gasteiger partial charge on any atom is -0.545 e. The fraction of sp³-hybridized carbons (Fsp3) is 0.143. The zero-order valence-electron chi connectivity index (χ0n) is 13.9. The summed E-state index contributed by atoms with van der Waals surface area (Å²) in [5, 5.41) is 12.0. The first-order valence-electron chi connectivity index (χ1n) is 8.19. The number of aromatic nitrogens is 1. The molecule has 0 aliphatic rings. The highest BCUT2D eigenvalue weighted by molar-refractivity contribution is 6.02. The van der Waals surface area contributed by atoms with Crippen molar-refractivity contribution in [1.82, 2.24) is 4.98 Å². The Bertz CT molecular complexity index is 914. The molecule has 0 bridgehead atoms. The van der Waals surface area contributed by atoms with Crippen molar-refractivity contribution < 1.29 is 14.6 Å². The normalized spacial score (nSPS) is 11.1. The topological polar surface area (TPSA) is 62.2 Å². The molecule has 3 aromatic rings. The maximum Gasteiger partial charge on any atom is 0.119 e. The second-order valence-electron chi connectivity index (χ2n) is 5.65. The number of pyridine rings is 1. The van der Waals surface area contributed by atoms with Crippen molar-refractivity contribution in [3.8, 4) is 5.75 Å². The fourth-order valence-electron chi connectivity index (χ4n) is 2.53. The van der Waals surface area contributed by atoms with Crippen molar-refractivity contribution >= 4 is 29.0 Å². The zero-order chi connectivity index (χ0) is 17.6. The van der Waals surface area contributed by atoms with E-state index in [-0.39, 0.29) is 5.56 Å². The number of hydrogen-bond acceptors (Lipinski definition) is 4. The van der Waals surface area contributed by atoms with Crippen LogP contribution in [-0.4, -0.2) is 17.6 Å². The van der Waals surface area contributed by atoms with Crippen molar-refractivity contribution in [1.29, 1.82) is 0 Å². The van der Waals surface area contributed by atoms with E-state index >= 15 is 0 Å². The van der Waals surface area contributed by atoms with Gasteiger partial charge in [-0.1, -0.05) is 43.3 Å². The summed E-state index contributed by atoms with van der Waals surface area (Å²) in [7, 11) is 0. The van der Waals surface area contributed by atoms with E-state index in [0.29, 0.717) is 23.2 Å². The minimum atomic E-state index is -1.20. The van der Waals surface area contributed by atoms with E-state index in [1.54, 1.807) is 24.3 Å². The number of benzene rings is 2. The predicted octanol–water partition coefficient (Wildman–Crippen LogP) is 3.56. The molecule has 0 amide bonds. The average molecular weight is 332 g/mol. The summed E-state index contributed by atoms with van der Waals surface area (Å²) in [6, 6.07) is 16.4. The lowest BCUT2D eigenvalue weighted by atomic mass is 10.1. The molecule has 4 nitrogen and oxygen atoms in total. The Morgan fingerprint density at radius 2 is 1.88 bits per heavy atom. The van der Waals surface area contributed by atoms with Gasteiger partial charge in [0.05, 0.1) is 23.8 Å². The van der Waals surface area contributed by atoms with Gasteiger partial charge >= 0.3 is 0 Å². The number of para-hydroxylation sites is 1. The first-order valence-corrected chi connectivity index (χ1v) is 8.19. The first kappa shape index (κ1) is 16.7. The van der Waals surface area contributed by atoms with Crippen LogP contribution < -0.4 is 9.84 Å². The molecule has 3 rings (SSSR count). The molecule has 0 unspecified atom stereocenters. The van der Waals surface area contributed by atoms with Gasteiger partial charge in [-0.2, -0.15) is 0 Å². The lowest BCUT2D eigenvalue weighted by molar-refractivity contribution is -0.254. The number of fused-ring (bicyclic) bond motifs is 1. The molecule has 0 saturated carbocycles. The predicted molar refractivity (Wildman–Crippen MR) is 97.2 cm³/mol. The molecule has 1 aromatic heterocycles. The SMILES string of the molecule is CCCOc1ccc(/C=C/c2cc(C(=O)[O-])c3ccccc3n2)cc1. The third-order valence-electron chi connectivity index (χ3n) is 3.76. The summed E-state index contributed by atoms with van der Waals surface area (Å²) in [5.74, 6) is -0.368. The molecule has 0 atom stereocenters. The number of rotatable bonds is 6. The molecule has 126 valence electrons. The monoisotopic (exact) mass is 332 g/mol. The highest BCUT2D eigenvalue weighted by Gasteiger charge is 2.05. The molecule has 0 aliphatic carbocycles. The highest BCUT2D eigenvalue weighted by Crippen LogP contribution is 2.20. The Morgan fingerprint density at radius 1 is 1.12 bits per heavy atom. The lowest BCUT2D eigenvalue weighted by Gasteiger charge is -2.08. The summed E-state index contributed by atoms with van der Waals surface area (Å²) in [6.45, 7) is 2.76. The fourth-order valence-corrected chi connectivity index (χ4v) is 2.53. The van der Waals surface area contributed by atoms with Crippen molar-refractivity contribution in [3.05, 3.63) is 71.4 Å². The first-order chi connectivity index (χ1) is 12.2. The zero-order valence-corrected chi connectivity index (χ0v) is 13.9. The van der Waals surface area contributed by atoms with E-state index in [1.165, 1.54) is 6.07 Å². The number of ether oxygens (including phenoxy) is 1. The summed E-state index contributed by atoms with van der Waals surface area (Å²) in [5.41, 5.74) is 2.33. The van der Waals surface area contributed by atoms with Gasteiger partial charge in [0.2, 0.25) is 0 Å². The molecule has 0 aliphatic heterocycles. The summed E-state index contributed by atoms with van der Waals surface area (Å²) >= 11 is 0. The van der Waals surface area contributed by atoms with Gasteiger partial charge in [-0.05, 0) is 42.3 Å². The Balaban J connectivity index is 1.87. The van der Waals surface area contributed by atoms with Gasteiger partial charge in [-0.25, -0.2) is 4.98 Å². The van der Waals surface area contributed by atoms with Crippen LogP contribution in [0.2, 0.25) is 0 Å². The lowest BCUT2D eigenvalue weighted by Crippen LogP contribution is -2.22. The van der Waals surface area contributed by atoms with Gasteiger partial charge in [0.15, 0.2) is 0 Å². The molecule has 0 radical (unpaired) electrons. The van der Waals surface area contributed by atoms with Crippen LogP contribution >= 0.6 is 0 Å². The quantitative estimate of drug-likeness (QED) is 0.692. The Labute approximate surface area is 146 Å². The number of carboxylic acids is 1. The van der Waals surface area contributed by atoms with Gasteiger partial charge in [0.1, 0.15) is 5.75 Å². The van der Waals surface area contributed by atoms with E-state index in [0.717, 1.165) is 17.7 Å². The number of carbonyl (C=O) groups is 1. The second-order valence-corrected chi connectivity index (χ2v) is 5.65. The van der Waals surface area contributed by atoms with Crippen LogP contribution in [0, 0.1) is 0 Å². The molecular weight excluding hydrogens is 314 g/mol. The van der Waals surface area contributed by atoms with Crippen LogP contribution in [-0.2, 0) is 0 Å². The maximum atomic E-state index is 11.4. The highest BCUT2D eigenvalue weighted by atomic mass is 16.5. The van der Waals surface area contributed by atoms with Gasteiger partial charge in [0.25, 0.3) is 0 Å². The number of nitrogens with zero attached hydrogens (tertiary/aromatic N) is 1. The largest absolute Gasteiger partial charge is 0.545 e. The Kier molecular flexibility index (Phi) is 5.09. The molecular formula is C21H18NO3-. The van der Waals surface area contributed by atoms with Crippen molar-refractivity contribution in [2.45, 2.75) is 13.3 Å². The Morgan fingerprint density at radius 3 is 2.60 bits per heavy atom. The molecule has 4 heteroatoms. The number of hydrogen-bond donors (Lipinski definition) is 0. The summed E-state index contributed by atoms with van der Waals surface area (Å²) in [4.78, 5) is 15.9. The molecule has 2 aromatic carbocycles. The summed E-state index contributed by atoms with van der Waals surface area (Å²) in [6.07, 6.45) is 4.65. The maximum absolute atomic E-state index is 11.4. The van der Waals surface area contributed by atoms with Crippen LogP contribution in [0.15, 0.2) is 54.6 Å². The van der Waals surface area contributed by atoms with E-state index in [9.17, 15) is 9.90 Å². The number of aromatic carboxylic acids is 1. The molecule has 0 fully saturated rings. The molecule has 1 heterocycles. The van der Waals surface area contributed by atoms with E-state index in [2.05, 4.69) is 11.9 Å². The van der Waals surface area contributed by atoms with Gasteiger partial charge in [-0.3, -0.25) is 0 Å². The minimum absolute atomic E-state index is 0.147. The van der Waals surface area contributed by atoms with E-state index < -0.39 is 5.97 Å². The van der Waals surface area contributed by atoms with Crippen LogP contribution in [0.25, 0.3) is 23.1 Å². The smallest absolute Gasteiger partial charge is 0.119 e. The second kappa shape index (κ2) is 7.62. The van der Waals surface area contributed by atoms with Crippen LogP contribution in [0.1, 0.15) is 35.0 Å². The van der Waals surface area contributed by atoms with E-state index in [4.69, 9.17) is 4.74 Å². The number of carboxylic acid groups (broad SMARTS) is 1.